The normalized spacial score (nSPS) is 21.1. The van der Waals surface area contributed by atoms with Gasteiger partial charge in [0.05, 0.1) is 0 Å². The highest BCUT2D eigenvalue weighted by Crippen LogP contribution is 2.60. The summed E-state index contributed by atoms with van der Waals surface area (Å²) in [5.41, 5.74) is 2.36. The van der Waals surface area contributed by atoms with Crippen LogP contribution >= 0.6 is 0 Å². The van der Waals surface area contributed by atoms with Crippen LogP contribution in [0.15, 0.2) is 55.0 Å². The first-order chi connectivity index (χ1) is 14.1. The van der Waals surface area contributed by atoms with E-state index in [2.05, 4.69) is 9.97 Å². The van der Waals surface area contributed by atoms with E-state index in [-0.39, 0.29) is 36.0 Å². The van der Waals surface area contributed by atoms with Crippen molar-refractivity contribution >= 4 is 5.78 Å². The Morgan fingerprint density at radius 2 is 2.10 bits per heavy atom. The molecule has 2 heterocycles. The van der Waals surface area contributed by atoms with Gasteiger partial charge in [0, 0.05) is 42.5 Å². The van der Waals surface area contributed by atoms with Crippen molar-refractivity contribution in [2.24, 2.45) is 5.92 Å². The van der Waals surface area contributed by atoms with Gasteiger partial charge in [-0.05, 0) is 42.3 Å². The number of ketones is 1. The molecule has 0 saturated heterocycles. The summed E-state index contributed by atoms with van der Waals surface area (Å²) in [6.07, 6.45) is 3.58. The number of nitrogens with zero attached hydrogens (tertiary/aromatic N) is 2. The van der Waals surface area contributed by atoms with Gasteiger partial charge in [-0.1, -0.05) is 12.1 Å². The van der Waals surface area contributed by atoms with Gasteiger partial charge in [0.1, 0.15) is 35.5 Å². The van der Waals surface area contributed by atoms with E-state index < -0.39 is 0 Å². The number of aromatic nitrogens is 2. The first-order valence-electron chi connectivity index (χ1n) is 9.60. The van der Waals surface area contributed by atoms with Crippen LogP contribution in [0.25, 0.3) is 0 Å². The number of rotatable bonds is 6. The van der Waals surface area contributed by atoms with Gasteiger partial charge in [-0.15, -0.1) is 0 Å². The van der Waals surface area contributed by atoms with Crippen molar-refractivity contribution in [2.45, 2.75) is 31.8 Å². The lowest BCUT2D eigenvalue weighted by Gasteiger charge is -2.10. The van der Waals surface area contributed by atoms with Crippen molar-refractivity contribution in [2.75, 3.05) is 0 Å². The molecule has 6 heteroatoms. The van der Waals surface area contributed by atoms with E-state index in [1.54, 1.807) is 18.3 Å². The van der Waals surface area contributed by atoms with Crippen molar-refractivity contribution in [3.05, 3.63) is 77.5 Å². The predicted octanol–water partition coefficient (Wildman–Crippen LogP) is 4.39. The van der Waals surface area contributed by atoms with E-state index >= 15 is 0 Å². The van der Waals surface area contributed by atoms with E-state index in [1.807, 2.05) is 31.2 Å². The number of carbonyl (C=O) groups excluding carboxylic acids is 1. The van der Waals surface area contributed by atoms with Crippen LogP contribution in [-0.2, 0) is 11.2 Å². The Morgan fingerprint density at radius 1 is 1.21 bits per heavy atom. The highest BCUT2D eigenvalue weighted by atomic mass is 19.1. The Bertz CT molecular complexity index is 1090. The molecule has 0 bridgehead atoms. The van der Waals surface area contributed by atoms with Crippen LogP contribution in [0.5, 0.6) is 17.4 Å². The third-order valence-electron chi connectivity index (χ3n) is 5.54. The van der Waals surface area contributed by atoms with Gasteiger partial charge in [0.2, 0.25) is 5.88 Å². The smallest absolute Gasteiger partial charge is 0.222 e. The largest absolute Gasteiger partial charge is 0.489 e. The quantitative estimate of drug-likeness (QED) is 0.625. The average molecular weight is 390 g/mol. The molecule has 3 aromatic rings. The topological polar surface area (TPSA) is 61.3 Å². The molecule has 2 aliphatic rings. The maximum Gasteiger partial charge on any atom is 0.222 e. The number of ether oxygens (including phenoxy) is 2. The molecule has 1 fully saturated rings. The van der Waals surface area contributed by atoms with Gasteiger partial charge >= 0.3 is 0 Å². The fourth-order valence-electron chi connectivity index (χ4n) is 4.06. The summed E-state index contributed by atoms with van der Waals surface area (Å²) in [5, 5.41) is 0. The molecule has 1 aliphatic carbocycles. The minimum absolute atomic E-state index is 0.0196. The molecule has 1 saturated carbocycles. The number of halogens is 1. The van der Waals surface area contributed by atoms with Gasteiger partial charge in [0.25, 0.3) is 0 Å². The molecule has 0 N–H and O–H groups in total. The molecule has 1 aromatic heterocycles. The highest BCUT2D eigenvalue weighted by molar-refractivity contribution is 5.82. The van der Waals surface area contributed by atoms with Crippen molar-refractivity contribution < 1.29 is 18.7 Å². The molecule has 0 spiro atoms. The van der Waals surface area contributed by atoms with Crippen molar-refractivity contribution in [3.63, 3.8) is 0 Å². The minimum Gasteiger partial charge on any atom is -0.489 e. The predicted molar refractivity (Wildman–Crippen MR) is 104 cm³/mol. The second kappa shape index (κ2) is 6.95. The molecular weight excluding hydrogens is 371 g/mol. The zero-order chi connectivity index (χ0) is 20.0. The van der Waals surface area contributed by atoms with Crippen LogP contribution in [0.2, 0.25) is 0 Å². The SMILES string of the molecule is Cc1ccc(CC(=O)C[C@@H]2[C@H]3Oc4ccc(Oc5ccncn5)cc4[C@@H]23)c(F)c1. The number of hydrogen-bond acceptors (Lipinski definition) is 5. The van der Waals surface area contributed by atoms with E-state index in [9.17, 15) is 9.18 Å². The second-order valence-corrected chi connectivity index (χ2v) is 7.64. The molecule has 2 aromatic carbocycles. The van der Waals surface area contributed by atoms with Gasteiger partial charge in [-0.2, -0.15) is 0 Å². The Labute approximate surface area is 167 Å². The number of hydrogen-bond donors (Lipinski definition) is 0. The van der Waals surface area contributed by atoms with Crippen LogP contribution in [0.3, 0.4) is 0 Å². The standard InChI is InChI=1S/C23H19FN2O3/c1-13-2-3-14(19(24)8-13)9-15(27)10-18-22-17-11-16(4-5-20(17)29-23(18)22)28-21-6-7-25-12-26-21/h2-8,11-12,18,22-23H,9-10H2,1H3/t18-,22-,23+/m0/s1. The average Bonchev–Trinajstić information content (AvgIpc) is 3.22. The molecule has 29 heavy (non-hydrogen) atoms. The molecule has 3 atom stereocenters. The third-order valence-corrected chi connectivity index (χ3v) is 5.54. The number of benzene rings is 2. The van der Waals surface area contributed by atoms with Crippen molar-refractivity contribution in [1.29, 1.82) is 0 Å². The molecular formula is C23H19FN2O3. The molecule has 5 nitrogen and oxygen atoms in total. The van der Waals surface area contributed by atoms with E-state index in [4.69, 9.17) is 9.47 Å². The Morgan fingerprint density at radius 3 is 2.90 bits per heavy atom. The van der Waals surface area contributed by atoms with Gasteiger partial charge in [0.15, 0.2) is 0 Å². The number of carbonyl (C=O) groups is 1. The summed E-state index contributed by atoms with van der Waals surface area (Å²) in [5.74, 6) is 2.02. The van der Waals surface area contributed by atoms with Crippen LogP contribution in [-0.4, -0.2) is 21.9 Å². The number of fused-ring (bicyclic) bond motifs is 3. The maximum atomic E-state index is 14.0. The lowest BCUT2D eigenvalue weighted by atomic mass is 10.0. The van der Waals surface area contributed by atoms with Gasteiger partial charge in [-0.3, -0.25) is 4.79 Å². The summed E-state index contributed by atoms with van der Waals surface area (Å²) in [7, 11) is 0. The summed E-state index contributed by atoms with van der Waals surface area (Å²) in [4.78, 5) is 20.4. The monoisotopic (exact) mass is 390 g/mol. The molecule has 146 valence electrons. The van der Waals surface area contributed by atoms with E-state index in [1.165, 1.54) is 12.4 Å². The lowest BCUT2D eigenvalue weighted by molar-refractivity contribution is -0.119. The van der Waals surface area contributed by atoms with Crippen LogP contribution < -0.4 is 9.47 Å². The fraction of sp³-hybridized carbons (Fsp3) is 0.261. The summed E-state index contributed by atoms with van der Waals surface area (Å²) >= 11 is 0. The molecule has 0 radical (unpaired) electrons. The third kappa shape index (κ3) is 3.46. The van der Waals surface area contributed by atoms with Crippen LogP contribution in [0.4, 0.5) is 4.39 Å². The molecule has 0 amide bonds. The maximum absolute atomic E-state index is 14.0. The molecule has 0 unspecified atom stereocenters. The summed E-state index contributed by atoms with van der Waals surface area (Å²) in [6, 6.07) is 12.4. The van der Waals surface area contributed by atoms with E-state index in [0.717, 1.165) is 16.9 Å². The summed E-state index contributed by atoms with van der Waals surface area (Å²) in [6.45, 7) is 1.83. The zero-order valence-electron chi connectivity index (χ0n) is 15.8. The van der Waals surface area contributed by atoms with Gasteiger partial charge < -0.3 is 9.47 Å². The highest BCUT2D eigenvalue weighted by Gasteiger charge is 2.59. The number of Topliss-reactive ketones (excluding diaryl/α,β-unsaturated/α-hetero) is 1. The lowest BCUT2D eigenvalue weighted by Crippen LogP contribution is -2.09. The van der Waals surface area contributed by atoms with Crippen molar-refractivity contribution in [3.8, 4) is 17.4 Å². The van der Waals surface area contributed by atoms with Crippen LogP contribution in [0.1, 0.15) is 29.0 Å². The minimum atomic E-state index is -0.317. The molecule has 1 aliphatic heterocycles. The molecule has 5 rings (SSSR count). The first kappa shape index (κ1) is 17.8. The Balaban J connectivity index is 1.25. The van der Waals surface area contributed by atoms with Gasteiger partial charge in [-0.25, -0.2) is 14.4 Å². The first-order valence-corrected chi connectivity index (χ1v) is 9.60. The summed E-state index contributed by atoms with van der Waals surface area (Å²) < 4.78 is 25.8. The van der Waals surface area contributed by atoms with Crippen LogP contribution in [0, 0.1) is 18.7 Å². The zero-order valence-corrected chi connectivity index (χ0v) is 15.8. The Hall–Kier alpha value is -3.28. The Kier molecular flexibility index (Phi) is 4.27. The fourth-order valence-corrected chi connectivity index (χ4v) is 4.06. The van der Waals surface area contributed by atoms with E-state index in [0.29, 0.717) is 23.6 Å². The van der Waals surface area contributed by atoms with Crippen molar-refractivity contribution in [1.82, 2.24) is 9.97 Å². The number of aryl methyl sites for hydroxylation is 1. The second-order valence-electron chi connectivity index (χ2n) is 7.64.